The third kappa shape index (κ3) is 3.04. The Morgan fingerprint density at radius 2 is 2.14 bits per heavy atom. The van der Waals surface area contributed by atoms with Crippen molar-refractivity contribution in [1.82, 2.24) is 10.1 Å². The first-order valence-corrected chi connectivity index (χ1v) is 3.51. The average Bonchev–Trinajstić information content (AvgIpc) is 2.47. The van der Waals surface area contributed by atoms with Gasteiger partial charge in [-0.2, -0.15) is 18.2 Å². The average molecular weight is 210 g/mol. The van der Waals surface area contributed by atoms with Gasteiger partial charge in [0.15, 0.2) is 0 Å². The summed E-state index contributed by atoms with van der Waals surface area (Å²) in [7, 11) is 0. The summed E-state index contributed by atoms with van der Waals surface area (Å²) in [6.45, 7) is 0. The highest BCUT2D eigenvalue weighted by Gasteiger charge is 2.28. The molecule has 0 aliphatic carbocycles. The van der Waals surface area contributed by atoms with Crippen LogP contribution in [0, 0.1) is 0 Å². The molecule has 0 saturated heterocycles. The third-order valence-electron chi connectivity index (χ3n) is 1.28. The Morgan fingerprint density at radius 3 is 2.57 bits per heavy atom. The fourth-order valence-electron chi connectivity index (χ4n) is 0.692. The monoisotopic (exact) mass is 210 g/mol. The summed E-state index contributed by atoms with van der Waals surface area (Å²) < 4.78 is 39.4. The quantitative estimate of drug-likeness (QED) is 0.812. The highest BCUT2D eigenvalue weighted by Crippen LogP contribution is 2.21. The summed E-state index contributed by atoms with van der Waals surface area (Å²) in [6, 6.07) is 0. The Bertz CT molecular complexity index is 333. The Kier molecular flexibility index (Phi) is 2.73. The zero-order valence-electron chi connectivity index (χ0n) is 6.71. The molecular formula is C6H5F3N2O3. The Balaban J connectivity index is 2.56. The molecule has 0 aliphatic rings. The van der Waals surface area contributed by atoms with E-state index in [1.807, 2.05) is 0 Å². The Morgan fingerprint density at radius 1 is 1.50 bits per heavy atom. The van der Waals surface area contributed by atoms with Gasteiger partial charge in [0.25, 0.3) is 5.82 Å². The molecule has 0 amide bonds. The van der Waals surface area contributed by atoms with E-state index in [4.69, 9.17) is 5.11 Å². The maximum Gasteiger partial charge on any atom is 0.389 e. The molecule has 8 heteroatoms. The molecule has 1 aromatic rings. The molecule has 5 nitrogen and oxygen atoms in total. The van der Waals surface area contributed by atoms with Crippen molar-refractivity contribution >= 4 is 5.97 Å². The van der Waals surface area contributed by atoms with Crippen molar-refractivity contribution in [2.24, 2.45) is 0 Å². The normalized spacial score (nSPS) is 11.6. The van der Waals surface area contributed by atoms with Crippen molar-refractivity contribution in [1.29, 1.82) is 0 Å². The fraction of sp³-hybridized carbons (Fsp3) is 0.500. The lowest BCUT2D eigenvalue weighted by Gasteiger charge is -2.01. The number of aryl methyl sites for hydroxylation is 1. The highest BCUT2D eigenvalue weighted by atomic mass is 19.4. The molecule has 78 valence electrons. The molecule has 0 bridgehead atoms. The van der Waals surface area contributed by atoms with E-state index in [0.717, 1.165) is 0 Å². The predicted octanol–water partition coefficient (Wildman–Crippen LogP) is 1.26. The number of aromatic nitrogens is 2. The first-order valence-electron chi connectivity index (χ1n) is 3.51. The summed E-state index contributed by atoms with van der Waals surface area (Å²) in [5.74, 6) is -2.41. The smallest absolute Gasteiger partial charge is 0.389 e. The standard InChI is InChI=1S/C6H5F3N2O3/c7-6(8,9)2-1-3-10-4(5(12)13)11-14-3/h1-2H2,(H,12,13). The van der Waals surface area contributed by atoms with Crippen molar-refractivity contribution in [2.45, 2.75) is 19.0 Å². The van der Waals surface area contributed by atoms with Gasteiger partial charge in [0, 0.05) is 6.42 Å². The molecule has 1 aromatic heterocycles. The summed E-state index contributed by atoms with van der Waals surface area (Å²) in [6.07, 6.45) is -5.95. The number of hydrogen-bond acceptors (Lipinski definition) is 4. The number of nitrogens with zero attached hydrogens (tertiary/aromatic N) is 2. The van der Waals surface area contributed by atoms with Crippen LogP contribution in [0.3, 0.4) is 0 Å². The number of rotatable bonds is 3. The number of carboxylic acid groups (broad SMARTS) is 1. The van der Waals surface area contributed by atoms with Gasteiger partial charge in [-0.3, -0.25) is 0 Å². The minimum absolute atomic E-state index is 0.334. The molecule has 0 radical (unpaired) electrons. The van der Waals surface area contributed by atoms with E-state index in [1.165, 1.54) is 0 Å². The van der Waals surface area contributed by atoms with Crippen molar-refractivity contribution in [3.8, 4) is 0 Å². The lowest BCUT2D eigenvalue weighted by Crippen LogP contribution is -2.08. The van der Waals surface area contributed by atoms with E-state index in [9.17, 15) is 18.0 Å². The zero-order valence-corrected chi connectivity index (χ0v) is 6.71. The molecule has 0 spiro atoms. The maximum absolute atomic E-state index is 11.7. The van der Waals surface area contributed by atoms with E-state index in [2.05, 4.69) is 14.7 Å². The predicted molar refractivity (Wildman–Crippen MR) is 35.6 cm³/mol. The van der Waals surface area contributed by atoms with Gasteiger partial charge in [0.05, 0.1) is 6.42 Å². The van der Waals surface area contributed by atoms with Crippen LogP contribution >= 0.6 is 0 Å². The van der Waals surface area contributed by atoms with Gasteiger partial charge in [0.2, 0.25) is 5.89 Å². The second-order valence-corrected chi connectivity index (χ2v) is 2.43. The van der Waals surface area contributed by atoms with Gasteiger partial charge in [-0.05, 0) is 5.16 Å². The van der Waals surface area contributed by atoms with Crippen LogP contribution in [0.1, 0.15) is 22.9 Å². The fourth-order valence-corrected chi connectivity index (χ4v) is 0.692. The summed E-state index contributed by atoms with van der Waals surface area (Å²) in [4.78, 5) is 13.4. The summed E-state index contributed by atoms with van der Waals surface area (Å²) in [5, 5.41) is 11.3. The second kappa shape index (κ2) is 3.64. The van der Waals surface area contributed by atoms with Crippen LogP contribution in [0.15, 0.2) is 4.52 Å². The molecule has 0 fully saturated rings. The summed E-state index contributed by atoms with van der Waals surface area (Å²) in [5.41, 5.74) is 0. The third-order valence-corrected chi connectivity index (χ3v) is 1.28. The van der Waals surface area contributed by atoms with Crippen molar-refractivity contribution in [3.05, 3.63) is 11.7 Å². The SMILES string of the molecule is O=C(O)c1noc(CCC(F)(F)F)n1. The lowest BCUT2D eigenvalue weighted by molar-refractivity contribution is -0.134. The molecule has 0 unspecified atom stereocenters. The zero-order chi connectivity index (χ0) is 10.8. The first-order chi connectivity index (χ1) is 6.38. The second-order valence-electron chi connectivity index (χ2n) is 2.43. The van der Waals surface area contributed by atoms with Gasteiger partial charge in [-0.1, -0.05) is 0 Å². The number of aromatic carboxylic acids is 1. The molecule has 1 N–H and O–H groups in total. The van der Waals surface area contributed by atoms with E-state index in [-0.39, 0.29) is 5.89 Å². The summed E-state index contributed by atoms with van der Waals surface area (Å²) >= 11 is 0. The van der Waals surface area contributed by atoms with Crippen LogP contribution in [-0.2, 0) is 6.42 Å². The van der Waals surface area contributed by atoms with E-state index < -0.39 is 30.8 Å². The number of carbonyl (C=O) groups is 1. The largest absolute Gasteiger partial charge is 0.475 e. The number of hydrogen-bond donors (Lipinski definition) is 1. The van der Waals surface area contributed by atoms with Crippen LogP contribution in [-0.4, -0.2) is 27.4 Å². The molecular weight excluding hydrogens is 205 g/mol. The van der Waals surface area contributed by atoms with E-state index in [1.54, 1.807) is 0 Å². The van der Waals surface area contributed by atoms with E-state index >= 15 is 0 Å². The van der Waals surface area contributed by atoms with Crippen molar-refractivity contribution in [3.63, 3.8) is 0 Å². The first kappa shape index (κ1) is 10.5. The minimum Gasteiger partial charge on any atom is -0.475 e. The molecule has 0 saturated carbocycles. The van der Waals surface area contributed by atoms with Gasteiger partial charge >= 0.3 is 12.1 Å². The van der Waals surface area contributed by atoms with Crippen LogP contribution < -0.4 is 0 Å². The minimum atomic E-state index is -4.32. The number of halogens is 3. The molecule has 1 rings (SSSR count). The van der Waals surface area contributed by atoms with Crippen molar-refractivity contribution in [2.75, 3.05) is 0 Å². The van der Waals surface area contributed by atoms with Crippen LogP contribution in [0.2, 0.25) is 0 Å². The van der Waals surface area contributed by atoms with Crippen LogP contribution in [0.4, 0.5) is 13.2 Å². The Hall–Kier alpha value is -1.60. The molecule has 0 aromatic carbocycles. The maximum atomic E-state index is 11.7. The Labute approximate surface area is 75.5 Å². The van der Waals surface area contributed by atoms with Gasteiger partial charge < -0.3 is 9.63 Å². The molecule has 1 heterocycles. The molecule has 14 heavy (non-hydrogen) atoms. The van der Waals surface area contributed by atoms with Crippen LogP contribution in [0.25, 0.3) is 0 Å². The number of alkyl halides is 3. The topological polar surface area (TPSA) is 76.2 Å². The highest BCUT2D eigenvalue weighted by molar-refractivity contribution is 5.82. The lowest BCUT2D eigenvalue weighted by atomic mass is 10.3. The van der Waals surface area contributed by atoms with Gasteiger partial charge in [-0.15, -0.1) is 0 Å². The van der Waals surface area contributed by atoms with Crippen molar-refractivity contribution < 1.29 is 27.6 Å². The van der Waals surface area contributed by atoms with E-state index in [0.29, 0.717) is 0 Å². The van der Waals surface area contributed by atoms with Gasteiger partial charge in [0.1, 0.15) is 0 Å². The van der Waals surface area contributed by atoms with Gasteiger partial charge in [-0.25, -0.2) is 4.79 Å². The molecule has 0 atom stereocenters. The number of carboxylic acids is 1. The van der Waals surface area contributed by atoms with Crippen LogP contribution in [0.5, 0.6) is 0 Å². The molecule has 0 aliphatic heterocycles.